The highest BCUT2D eigenvalue weighted by Crippen LogP contribution is 2.17. The lowest BCUT2D eigenvalue weighted by atomic mass is 9.97. The number of ether oxygens (including phenoxy) is 1. The number of hydrogen-bond donors (Lipinski definition) is 1. The highest BCUT2D eigenvalue weighted by atomic mass is 16.5. The minimum Gasteiger partial charge on any atom is -0.385 e. The van der Waals surface area contributed by atoms with Gasteiger partial charge in [-0.25, -0.2) is 0 Å². The van der Waals surface area contributed by atoms with Crippen LogP contribution in [0.2, 0.25) is 0 Å². The van der Waals surface area contributed by atoms with E-state index in [0.717, 1.165) is 12.8 Å². The van der Waals surface area contributed by atoms with E-state index in [1.54, 1.807) is 7.11 Å². The van der Waals surface area contributed by atoms with Gasteiger partial charge in [-0.05, 0) is 19.3 Å². The fraction of sp³-hybridized carbons (Fsp3) is 0.857. The zero-order chi connectivity index (χ0) is 14.4. The van der Waals surface area contributed by atoms with Gasteiger partial charge in [-0.1, -0.05) is 20.3 Å². The minimum absolute atomic E-state index is 0.0277. The molecule has 0 bridgehead atoms. The van der Waals surface area contributed by atoms with Gasteiger partial charge in [-0.15, -0.1) is 0 Å². The van der Waals surface area contributed by atoms with E-state index in [2.05, 4.69) is 5.32 Å². The van der Waals surface area contributed by atoms with Crippen LogP contribution < -0.4 is 5.32 Å². The lowest BCUT2D eigenvalue weighted by Crippen LogP contribution is -2.50. The number of amides is 2. The second-order valence-electron chi connectivity index (χ2n) is 5.34. The molecule has 1 aliphatic heterocycles. The van der Waals surface area contributed by atoms with E-state index >= 15 is 0 Å². The number of nitrogens with zero attached hydrogens (tertiary/aromatic N) is 1. The van der Waals surface area contributed by atoms with Crippen molar-refractivity contribution in [3.05, 3.63) is 0 Å². The summed E-state index contributed by atoms with van der Waals surface area (Å²) in [5.74, 6) is 0.176. The molecule has 1 saturated heterocycles. The van der Waals surface area contributed by atoms with Gasteiger partial charge in [0.1, 0.15) is 6.04 Å². The number of carbonyl (C=O) groups is 2. The molecular weight excluding hydrogens is 244 g/mol. The Bertz CT molecular complexity index is 320. The Hall–Kier alpha value is -1.10. The van der Waals surface area contributed by atoms with Gasteiger partial charge < -0.3 is 15.0 Å². The maximum Gasteiger partial charge on any atom is 0.245 e. The van der Waals surface area contributed by atoms with Crippen LogP contribution in [0.5, 0.6) is 0 Å². The molecule has 0 saturated carbocycles. The fourth-order valence-electron chi connectivity index (χ4n) is 2.32. The molecule has 3 atom stereocenters. The third-order valence-corrected chi connectivity index (χ3v) is 3.93. The maximum absolute atomic E-state index is 12.6. The summed E-state index contributed by atoms with van der Waals surface area (Å²) in [6.07, 6.45) is 2.05. The van der Waals surface area contributed by atoms with Crippen molar-refractivity contribution < 1.29 is 14.3 Å². The second-order valence-corrected chi connectivity index (χ2v) is 5.34. The number of nitrogens with one attached hydrogen (secondary N) is 1. The molecule has 2 amide bonds. The van der Waals surface area contributed by atoms with Crippen molar-refractivity contribution in [1.82, 2.24) is 10.2 Å². The van der Waals surface area contributed by atoms with E-state index in [0.29, 0.717) is 19.6 Å². The van der Waals surface area contributed by atoms with Crippen molar-refractivity contribution >= 4 is 11.8 Å². The van der Waals surface area contributed by atoms with Gasteiger partial charge in [0.25, 0.3) is 0 Å². The van der Waals surface area contributed by atoms with Crippen LogP contribution in [0.3, 0.4) is 0 Å². The van der Waals surface area contributed by atoms with Crippen molar-refractivity contribution in [3.63, 3.8) is 0 Å². The van der Waals surface area contributed by atoms with E-state index in [1.807, 2.05) is 25.7 Å². The molecule has 1 heterocycles. The Morgan fingerprint density at radius 1 is 1.42 bits per heavy atom. The first-order valence-corrected chi connectivity index (χ1v) is 7.10. The monoisotopic (exact) mass is 270 g/mol. The van der Waals surface area contributed by atoms with E-state index in [9.17, 15) is 9.59 Å². The van der Waals surface area contributed by atoms with Gasteiger partial charge in [-0.2, -0.15) is 0 Å². The van der Waals surface area contributed by atoms with Crippen LogP contribution in [0.1, 0.15) is 40.0 Å². The molecule has 1 N–H and O–H groups in total. The molecular formula is C14H26N2O3. The molecule has 1 aliphatic rings. The normalized spacial score (nSPS) is 23.8. The van der Waals surface area contributed by atoms with Crippen molar-refractivity contribution in [2.24, 2.45) is 5.92 Å². The first-order valence-electron chi connectivity index (χ1n) is 7.10. The van der Waals surface area contributed by atoms with Gasteiger partial charge in [0.15, 0.2) is 0 Å². The summed E-state index contributed by atoms with van der Waals surface area (Å²) < 4.78 is 5.07. The smallest absolute Gasteiger partial charge is 0.245 e. The lowest BCUT2D eigenvalue weighted by Gasteiger charge is -2.31. The predicted molar refractivity (Wildman–Crippen MR) is 73.7 cm³/mol. The number of hydrogen-bond acceptors (Lipinski definition) is 3. The fourth-order valence-corrected chi connectivity index (χ4v) is 2.32. The summed E-state index contributed by atoms with van der Waals surface area (Å²) in [6, 6.07) is -0.281. The second kappa shape index (κ2) is 7.48. The molecule has 110 valence electrons. The van der Waals surface area contributed by atoms with Crippen molar-refractivity contribution in [2.45, 2.75) is 52.1 Å². The van der Waals surface area contributed by atoms with Crippen molar-refractivity contribution in [3.8, 4) is 0 Å². The Morgan fingerprint density at radius 3 is 2.68 bits per heavy atom. The van der Waals surface area contributed by atoms with Crippen LogP contribution >= 0.6 is 0 Å². The molecule has 19 heavy (non-hydrogen) atoms. The summed E-state index contributed by atoms with van der Waals surface area (Å²) in [4.78, 5) is 26.1. The van der Waals surface area contributed by atoms with E-state index in [-0.39, 0.29) is 29.8 Å². The first kappa shape index (κ1) is 16.0. The van der Waals surface area contributed by atoms with Crippen molar-refractivity contribution in [2.75, 3.05) is 20.3 Å². The third-order valence-electron chi connectivity index (χ3n) is 3.93. The Balaban J connectivity index is 2.80. The lowest BCUT2D eigenvalue weighted by molar-refractivity contribution is -0.137. The standard InChI is InChI=1S/C14H26N2O3/c1-5-10(2)13-14(18)16(8-6-12(17)15-13)11(3)7-9-19-4/h10-11,13H,5-9H2,1-4H3,(H,15,17). The zero-order valence-electron chi connectivity index (χ0n) is 12.4. The average Bonchev–Trinajstić information content (AvgIpc) is 2.55. The molecule has 0 spiro atoms. The summed E-state index contributed by atoms with van der Waals surface area (Å²) in [5, 5.41) is 2.86. The summed E-state index contributed by atoms with van der Waals surface area (Å²) >= 11 is 0. The molecule has 5 heteroatoms. The average molecular weight is 270 g/mol. The molecule has 3 unspecified atom stereocenters. The zero-order valence-corrected chi connectivity index (χ0v) is 12.4. The van der Waals surface area contributed by atoms with Crippen molar-refractivity contribution in [1.29, 1.82) is 0 Å². The quantitative estimate of drug-likeness (QED) is 0.788. The minimum atomic E-state index is -0.384. The summed E-state index contributed by atoms with van der Waals surface area (Å²) in [7, 11) is 1.66. The Kier molecular flexibility index (Phi) is 6.28. The van der Waals surface area contributed by atoms with E-state index < -0.39 is 0 Å². The largest absolute Gasteiger partial charge is 0.385 e. The number of methoxy groups -OCH3 is 1. The number of carbonyl (C=O) groups excluding carboxylic acids is 2. The summed E-state index contributed by atoms with van der Waals surface area (Å²) in [6.45, 7) is 7.18. The Morgan fingerprint density at radius 2 is 2.11 bits per heavy atom. The van der Waals surface area contributed by atoms with Gasteiger partial charge in [0.2, 0.25) is 11.8 Å². The van der Waals surface area contributed by atoms with Gasteiger partial charge in [0, 0.05) is 32.7 Å². The molecule has 0 aromatic heterocycles. The van der Waals surface area contributed by atoms with E-state index in [4.69, 9.17) is 4.74 Å². The van der Waals surface area contributed by atoms with Gasteiger partial charge >= 0.3 is 0 Å². The highest BCUT2D eigenvalue weighted by Gasteiger charge is 2.34. The van der Waals surface area contributed by atoms with Crippen LogP contribution in [0.15, 0.2) is 0 Å². The maximum atomic E-state index is 12.6. The predicted octanol–water partition coefficient (Wildman–Crippen LogP) is 1.17. The SMILES string of the molecule is CCC(C)C1NC(=O)CCN(C(C)CCOC)C1=O. The number of rotatable bonds is 6. The van der Waals surface area contributed by atoms with Gasteiger partial charge in [-0.3, -0.25) is 9.59 Å². The third kappa shape index (κ3) is 4.20. The molecule has 0 aromatic carbocycles. The van der Waals surface area contributed by atoms with Crippen LogP contribution in [0, 0.1) is 5.92 Å². The molecule has 0 radical (unpaired) electrons. The van der Waals surface area contributed by atoms with Crippen LogP contribution in [-0.4, -0.2) is 49.1 Å². The molecule has 5 nitrogen and oxygen atoms in total. The highest BCUT2D eigenvalue weighted by molar-refractivity contribution is 5.90. The first-order chi connectivity index (χ1) is 9.01. The van der Waals surface area contributed by atoms with Crippen LogP contribution in [-0.2, 0) is 14.3 Å². The molecule has 1 rings (SSSR count). The summed E-state index contributed by atoms with van der Waals surface area (Å²) in [5.41, 5.74) is 0. The Labute approximate surface area is 115 Å². The molecule has 0 aliphatic carbocycles. The van der Waals surface area contributed by atoms with Gasteiger partial charge in [0.05, 0.1) is 0 Å². The van der Waals surface area contributed by atoms with E-state index in [1.165, 1.54) is 0 Å². The molecule has 0 aromatic rings. The van der Waals surface area contributed by atoms with Crippen LogP contribution in [0.25, 0.3) is 0 Å². The molecule has 1 fully saturated rings. The van der Waals surface area contributed by atoms with Crippen LogP contribution in [0.4, 0.5) is 0 Å². The topological polar surface area (TPSA) is 58.6 Å².